The predicted molar refractivity (Wildman–Crippen MR) is 62.9 cm³/mol. The van der Waals surface area contributed by atoms with E-state index in [0.717, 1.165) is 0 Å². The highest BCUT2D eigenvalue weighted by atomic mass is 19.4. The topological polar surface area (TPSA) is 32.3 Å². The molecule has 0 spiro atoms. The molecule has 0 aromatic heterocycles. The third kappa shape index (κ3) is 2.41. The molecule has 8 heteroatoms. The molecule has 1 aromatic carbocycles. The Bertz CT molecular complexity index is 515. The van der Waals surface area contributed by atoms with Crippen molar-refractivity contribution < 1.29 is 26.7 Å². The van der Waals surface area contributed by atoms with Crippen LogP contribution < -0.4 is 10.2 Å². The van der Waals surface area contributed by atoms with Crippen LogP contribution in [0, 0.1) is 0 Å². The maximum atomic E-state index is 13.2. The fourth-order valence-electron chi connectivity index (χ4n) is 1.94. The predicted octanol–water partition coefficient (Wildman–Crippen LogP) is 3.03. The van der Waals surface area contributed by atoms with Gasteiger partial charge in [-0.05, 0) is 18.6 Å². The zero-order valence-electron chi connectivity index (χ0n) is 10.2. The summed E-state index contributed by atoms with van der Waals surface area (Å²) in [6, 6.07) is 5.92. The van der Waals surface area contributed by atoms with Gasteiger partial charge in [-0.1, -0.05) is 12.1 Å². The fourth-order valence-corrected chi connectivity index (χ4v) is 1.94. The minimum atomic E-state index is -5.90. The van der Waals surface area contributed by atoms with Crippen LogP contribution >= 0.6 is 0 Å². The number of fused-ring (bicyclic) bond motifs is 1. The molecule has 1 heterocycles. The number of carbonyl (C=O) groups excluding carboxylic acids is 1. The number of halogens is 5. The van der Waals surface area contributed by atoms with E-state index in [1.807, 2.05) is 0 Å². The van der Waals surface area contributed by atoms with Gasteiger partial charge >= 0.3 is 18.0 Å². The number of nitrogens with zero attached hydrogens (tertiary/aromatic N) is 1. The van der Waals surface area contributed by atoms with E-state index in [9.17, 15) is 26.7 Å². The maximum absolute atomic E-state index is 13.2. The standard InChI is InChI=1S/C12H11F5N2O/c13-11(14,12(15,16)17)10(20)19-7-3-6-18-8-4-1-2-5-9(8)19/h1-2,4-5,18H,3,6-7H2. The molecule has 1 aromatic rings. The molecule has 1 aliphatic heterocycles. The summed E-state index contributed by atoms with van der Waals surface area (Å²) in [5, 5.41) is 2.88. The summed E-state index contributed by atoms with van der Waals surface area (Å²) in [5.41, 5.74) is 0.384. The number of para-hydroxylation sites is 2. The average molecular weight is 294 g/mol. The largest absolute Gasteiger partial charge is 0.463 e. The molecular weight excluding hydrogens is 283 g/mol. The highest BCUT2D eigenvalue weighted by molar-refractivity contribution is 6.01. The van der Waals surface area contributed by atoms with Crippen LogP contribution in [0.4, 0.5) is 33.3 Å². The second kappa shape index (κ2) is 4.92. The Labute approximate surface area is 111 Å². The lowest BCUT2D eigenvalue weighted by Gasteiger charge is -2.27. The molecule has 3 nitrogen and oxygen atoms in total. The summed E-state index contributed by atoms with van der Waals surface area (Å²) in [7, 11) is 0. The van der Waals surface area contributed by atoms with Crippen molar-refractivity contribution in [2.45, 2.75) is 18.5 Å². The molecule has 1 N–H and O–H groups in total. The summed E-state index contributed by atoms with van der Waals surface area (Å²) in [5.74, 6) is -7.65. The van der Waals surface area contributed by atoms with E-state index in [1.165, 1.54) is 18.2 Å². The van der Waals surface area contributed by atoms with Crippen molar-refractivity contribution in [3.8, 4) is 0 Å². The zero-order valence-corrected chi connectivity index (χ0v) is 10.2. The van der Waals surface area contributed by atoms with Crippen LogP contribution in [0.15, 0.2) is 24.3 Å². The highest BCUT2D eigenvalue weighted by Crippen LogP contribution is 2.39. The average Bonchev–Trinajstić information content (AvgIpc) is 2.58. The van der Waals surface area contributed by atoms with Gasteiger partial charge in [0.25, 0.3) is 0 Å². The van der Waals surface area contributed by atoms with Crippen molar-refractivity contribution in [1.29, 1.82) is 0 Å². The Morgan fingerprint density at radius 1 is 1.15 bits per heavy atom. The third-order valence-electron chi connectivity index (χ3n) is 2.94. The van der Waals surface area contributed by atoms with Gasteiger partial charge in [0.05, 0.1) is 11.4 Å². The van der Waals surface area contributed by atoms with Gasteiger partial charge in [0.15, 0.2) is 0 Å². The van der Waals surface area contributed by atoms with Gasteiger partial charge in [0, 0.05) is 13.1 Å². The number of carbonyl (C=O) groups is 1. The van der Waals surface area contributed by atoms with E-state index >= 15 is 0 Å². The van der Waals surface area contributed by atoms with Gasteiger partial charge in [0.1, 0.15) is 0 Å². The van der Waals surface area contributed by atoms with Crippen LogP contribution in [-0.2, 0) is 4.79 Å². The third-order valence-corrected chi connectivity index (χ3v) is 2.94. The van der Waals surface area contributed by atoms with Gasteiger partial charge in [-0.15, -0.1) is 0 Å². The quantitative estimate of drug-likeness (QED) is 0.807. The number of alkyl halides is 5. The summed E-state index contributed by atoms with van der Waals surface area (Å²) < 4.78 is 63.3. The Morgan fingerprint density at radius 3 is 2.45 bits per heavy atom. The van der Waals surface area contributed by atoms with Crippen LogP contribution in [0.1, 0.15) is 6.42 Å². The maximum Gasteiger partial charge on any atom is 0.463 e. The van der Waals surface area contributed by atoms with Gasteiger partial charge in [0.2, 0.25) is 0 Å². The van der Waals surface area contributed by atoms with Crippen molar-refractivity contribution in [2.75, 3.05) is 23.3 Å². The summed E-state index contributed by atoms with van der Waals surface area (Å²) in [4.78, 5) is 12.1. The summed E-state index contributed by atoms with van der Waals surface area (Å²) in [6.07, 6.45) is -5.63. The Hall–Kier alpha value is -1.86. The Balaban J connectivity index is 2.40. The first-order chi connectivity index (χ1) is 9.25. The molecule has 0 radical (unpaired) electrons. The normalized spacial score (nSPS) is 16.1. The van der Waals surface area contributed by atoms with Crippen molar-refractivity contribution in [1.82, 2.24) is 0 Å². The summed E-state index contributed by atoms with van der Waals surface area (Å²) >= 11 is 0. The second-order valence-corrected chi connectivity index (χ2v) is 4.33. The Morgan fingerprint density at radius 2 is 1.80 bits per heavy atom. The number of hydrogen-bond acceptors (Lipinski definition) is 2. The van der Waals surface area contributed by atoms with E-state index in [-0.39, 0.29) is 18.7 Å². The number of amides is 1. The molecule has 1 amide bonds. The van der Waals surface area contributed by atoms with Crippen LogP contribution in [0.5, 0.6) is 0 Å². The second-order valence-electron chi connectivity index (χ2n) is 4.33. The molecule has 110 valence electrons. The highest BCUT2D eigenvalue weighted by Gasteiger charge is 2.64. The first kappa shape index (κ1) is 14.5. The number of hydrogen-bond donors (Lipinski definition) is 1. The van der Waals surface area contributed by atoms with E-state index in [1.54, 1.807) is 6.07 Å². The molecule has 20 heavy (non-hydrogen) atoms. The van der Waals surface area contributed by atoms with E-state index in [0.29, 0.717) is 17.1 Å². The van der Waals surface area contributed by atoms with E-state index < -0.39 is 18.0 Å². The first-order valence-corrected chi connectivity index (χ1v) is 5.84. The van der Waals surface area contributed by atoms with Crippen molar-refractivity contribution in [3.05, 3.63) is 24.3 Å². The van der Waals surface area contributed by atoms with E-state index in [2.05, 4.69) is 5.32 Å². The van der Waals surface area contributed by atoms with E-state index in [4.69, 9.17) is 0 Å². The molecule has 2 rings (SSSR count). The van der Waals surface area contributed by atoms with Gasteiger partial charge in [-0.25, -0.2) is 0 Å². The van der Waals surface area contributed by atoms with Gasteiger partial charge in [-0.3, -0.25) is 4.79 Å². The number of anilines is 2. The number of nitrogens with one attached hydrogen (secondary N) is 1. The fraction of sp³-hybridized carbons (Fsp3) is 0.417. The van der Waals surface area contributed by atoms with Crippen molar-refractivity contribution in [2.24, 2.45) is 0 Å². The van der Waals surface area contributed by atoms with Crippen LogP contribution in [0.3, 0.4) is 0 Å². The molecule has 0 atom stereocenters. The summed E-state index contributed by atoms with van der Waals surface area (Å²) in [6.45, 7) is 0.187. The molecule has 0 saturated heterocycles. The molecular formula is C12H11F5N2O. The lowest BCUT2D eigenvalue weighted by atomic mass is 10.2. The number of benzene rings is 1. The molecule has 1 aliphatic rings. The lowest BCUT2D eigenvalue weighted by Crippen LogP contribution is -2.52. The molecule has 0 aliphatic carbocycles. The SMILES string of the molecule is O=C(N1CCCNc2ccccc21)C(F)(F)C(F)(F)F. The van der Waals surface area contributed by atoms with Crippen molar-refractivity contribution >= 4 is 17.3 Å². The number of rotatable bonds is 1. The van der Waals surface area contributed by atoms with Gasteiger partial charge in [-0.2, -0.15) is 22.0 Å². The Kier molecular flexibility index (Phi) is 3.58. The molecule has 0 unspecified atom stereocenters. The smallest absolute Gasteiger partial charge is 0.383 e. The molecule has 0 bridgehead atoms. The first-order valence-electron chi connectivity index (χ1n) is 5.84. The molecule has 0 saturated carbocycles. The van der Waals surface area contributed by atoms with Crippen LogP contribution in [0.2, 0.25) is 0 Å². The van der Waals surface area contributed by atoms with Gasteiger partial charge < -0.3 is 10.2 Å². The van der Waals surface area contributed by atoms with Crippen LogP contribution in [-0.4, -0.2) is 31.1 Å². The minimum Gasteiger partial charge on any atom is -0.383 e. The molecule has 0 fully saturated rings. The minimum absolute atomic E-state index is 0.0268. The van der Waals surface area contributed by atoms with Crippen molar-refractivity contribution in [3.63, 3.8) is 0 Å². The monoisotopic (exact) mass is 294 g/mol. The lowest BCUT2D eigenvalue weighted by molar-refractivity contribution is -0.268. The van der Waals surface area contributed by atoms with Crippen LogP contribution in [0.25, 0.3) is 0 Å². The zero-order chi connectivity index (χ0) is 15.0.